The second-order valence-electron chi connectivity index (χ2n) is 7.69. The van der Waals surface area contributed by atoms with E-state index in [1.54, 1.807) is 30.5 Å². The van der Waals surface area contributed by atoms with Gasteiger partial charge in [-0.15, -0.1) is 0 Å². The molecule has 0 aliphatic heterocycles. The minimum atomic E-state index is -4.94. The van der Waals surface area contributed by atoms with Crippen LogP contribution >= 0.6 is 11.6 Å². The van der Waals surface area contributed by atoms with Gasteiger partial charge in [0, 0.05) is 29.2 Å². The van der Waals surface area contributed by atoms with E-state index in [1.807, 2.05) is 0 Å². The van der Waals surface area contributed by atoms with Crippen molar-refractivity contribution in [1.29, 1.82) is 0 Å². The topological polar surface area (TPSA) is 68.2 Å². The van der Waals surface area contributed by atoms with E-state index in [9.17, 15) is 30.8 Å². The maximum Gasteiger partial charge on any atom is 0.419 e. The first kappa shape index (κ1) is 25.2. The highest BCUT2D eigenvalue weighted by atomic mass is 35.5. The first-order valence-corrected chi connectivity index (χ1v) is 12.1. The van der Waals surface area contributed by atoms with E-state index < -0.39 is 38.9 Å². The number of halogens is 5. The maximum atomic E-state index is 14.7. The number of aromatic nitrogens is 1. The highest BCUT2D eigenvalue weighted by molar-refractivity contribution is 7.88. The first-order chi connectivity index (χ1) is 15.2. The minimum absolute atomic E-state index is 0.0686. The summed E-state index contributed by atoms with van der Waals surface area (Å²) in [7, 11) is -3.38. The summed E-state index contributed by atoms with van der Waals surface area (Å²) in [6.45, 7) is 3.78. The Morgan fingerprint density at radius 2 is 1.82 bits per heavy atom. The quantitative estimate of drug-likeness (QED) is 0.272. The Kier molecular flexibility index (Phi) is 6.93. The molecule has 0 aliphatic rings. The van der Waals surface area contributed by atoms with Gasteiger partial charge in [0.15, 0.2) is 5.78 Å². The molecule has 1 heterocycles. The van der Waals surface area contributed by atoms with Gasteiger partial charge in [-0.05, 0) is 44.0 Å². The number of rotatable bonds is 7. The molecule has 0 atom stereocenters. The van der Waals surface area contributed by atoms with Crippen LogP contribution in [0.4, 0.5) is 17.6 Å². The molecule has 0 spiro atoms. The summed E-state index contributed by atoms with van der Waals surface area (Å²) >= 11 is 6.26. The Labute approximate surface area is 193 Å². The van der Waals surface area contributed by atoms with Crippen molar-refractivity contribution in [3.05, 3.63) is 69.1 Å². The van der Waals surface area contributed by atoms with Crippen LogP contribution in [-0.4, -0.2) is 31.6 Å². The lowest BCUT2D eigenvalue weighted by Crippen LogP contribution is -2.24. The number of nitrogens with one attached hydrogen (secondary N) is 1. The van der Waals surface area contributed by atoms with E-state index in [2.05, 4.69) is 4.72 Å². The summed E-state index contributed by atoms with van der Waals surface area (Å²) in [6.07, 6.45) is -3.54. The van der Waals surface area contributed by atoms with Gasteiger partial charge in [0.1, 0.15) is 5.82 Å². The highest BCUT2D eigenvalue weighted by Crippen LogP contribution is 2.36. The molecule has 2 aromatic carbocycles. The number of benzene rings is 2. The van der Waals surface area contributed by atoms with Gasteiger partial charge in [-0.1, -0.05) is 23.7 Å². The summed E-state index contributed by atoms with van der Waals surface area (Å²) in [5, 5.41) is 0.840. The average molecular weight is 505 g/mol. The van der Waals surface area contributed by atoms with Gasteiger partial charge in [-0.3, -0.25) is 4.79 Å². The Morgan fingerprint density at radius 3 is 2.42 bits per heavy atom. The molecule has 5 nitrogen and oxygen atoms in total. The molecule has 1 N–H and O–H groups in total. The Balaban J connectivity index is 2.14. The van der Waals surface area contributed by atoms with Gasteiger partial charge < -0.3 is 4.57 Å². The van der Waals surface area contributed by atoms with Gasteiger partial charge in [0.25, 0.3) is 0 Å². The second kappa shape index (κ2) is 9.08. The molecule has 0 saturated carbocycles. The molecule has 0 unspecified atom stereocenters. The van der Waals surface area contributed by atoms with Gasteiger partial charge in [0.2, 0.25) is 10.0 Å². The van der Waals surface area contributed by atoms with Crippen molar-refractivity contribution in [3.63, 3.8) is 0 Å². The number of ketones is 1. The van der Waals surface area contributed by atoms with Crippen LogP contribution in [0.15, 0.2) is 30.3 Å². The van der Waals surface area contributed by atoms with Crippen LogP contribution in [0.3, 0.4) is 0 Å². The number of nitrogens with zero attached hydrogens (tertiary/aromatic N) is 1. The van der Waals surface area contributed by atoms with Crippen molar-refractivity contribution >= 4 is 38.3 Å². The number of aryl methyl sites for hydroxylation is 2. The second-order valence-corrected chi connectivity index (χ2v) is 9.93. The van der Waals surface area contributed by atoms with E-state index in [1.165, 1.54) is 0 Å². The first-order valence-electron chi connectivity index (χ1n) is 9.87. The molecule has 178 valence electrons. The number of carbonyl (C=O) groups excluding carboxylic acids is 1. The lowest BCUT2D eigenvalue weighted by molar-refractivity contribution is -0.140. The van der Waals surface area contributed by atoms with E-state index in [4.69, 9.17) is 11.6 Å². The molecule has 0 aliphatic carbocycles. The highest BCUT2D eigenvalue weighted by Gasteiger charge is 2.36. The standard InChI is InChI=1S/C22H21ClF4N2O3S/c1-12-17(23)9-8-14-18(13(2)29(20(12)14)11-5-10-28-33(3,31)32)21(30)15-6-4-7-16(19(15)24)22(25,26)27/h4,6-9,28H,5,10-11H2,1-3H3. The van der Waals surface area contributed by atoms with E-state index in [0.717, 1.165) is 18.4 Å². The van der Waals surface area contributed by atoms with Gasteiger partial charge >= 0.3 is 6.18 Å². The average Bonchev–Trinajstić information content (AvgIpc) is 2.98. The summed E-state index contributed by atoms with van der Waals surface area (Å²) in [6, 6.07) is 5.73. The van der Waals surface area contributed by atoms with Crippen LogP contribution in [0, 0.1) is 19.7 Å². The zero-order chi connectivity index (χ0) is 24.7. The van der Waals surface area contributed by atoms with Crippen molar-refractivity contribution in [2.24, 2.45) is 0 Å². The SMILES string of the molecule is Cc1c(Cl)ccc2c(C(=O)c3cccc(C(F)(F)F)c3F)c(C)n(CCCNS(C)(=O)=O)c12. The van der Waals surface area contributed by atoms with Gasteiger partial charge in [-0.25, -0.2) is 17.5 Å². The molecule has 0 amide bonds. The Hall–Kier alpha value is -2.43. The summed E-state index contributed by atoms with van der Waals surface area (Å²) in [4.78, 5) is 13.3. The molecule has 0 fully saturated rings. The summed E-state index contributed by atoms with van der Waals surface area (Å²) in [5.74, 6) is -2.51. The zero-order valence-corrected chi connectivity index (χ0v) is 19.6. The smallest absolute Gasteiger partial charge is 0.344 e. The van der Waals surface area contributed by atoms with E-state index in [0.29, 0.717) is 46.2 Å². The predicted octanol–water partition coefficient (Wildman–Crippen LogP) is 5.24. The van der Waals surface area contributed by atoms with Crippen LogP contribution in [0.5, 0.6) is 0 Å². The van der Waals surface area contributed by atoms with Crippen molar-refractivity contribution in [2.75, 3.05) is 12.8 Å². The lowest BCUT2D eigenvalue weighted by atomic mass is 9.97. The number of sulfonamides is 1. The fourth-order valence-electron chi connectivity index (χ4n) is 3.84. The maximum absolute atomic E-state index is 14.7. The number of hydrogen-bond donors (Lipinski definition) is 1. The van der Waals surface area contributed by atoms with Crippen LogP contribution in [0.25, 0.3) is 10.9 Å². The van der Waals surface area contributed by atoms with E-state index in [-0.39, 0.29) is 12.1 Å². The van der Waals surface area contributed by atoms with Crippen LogP contribution < -0.4 is 4.72 Å². The lowest BCUT2D eigenvalue weighted by Gasteiger charge is -2.12. The number of hydrogen-bond acceptors (Lipinski definition) is 3. The monoisotopic (exact) mass is 504 g/mol. The molecule has 11 heteroatoms. The molecule has 0 saturated heterocycles. The largest absolute Gasteiger partial charge is 0.419 e. The molecular weight excluding hydrogens is 484 g/mol. The van der Waals surface area contributed by atoms with Crippen molar-refractivity contribution in [3.8, 4) is 0 Å². The van der Waals surface area contributed by atoms with E-state index >= 15 is 0 Å². The summed E-state index contributed by atoms with van der Waals surface area (Å²) < 4.78 is 81.0. The molecule has 33 heavy (non-hydrogen) atoms. The van der Waals surface area contributed by atoms with Crippen molar-refractivity contribution in [1.82, 2.24) is 9.29 Å². The third-order valence-corrected chi connectivity index (χ3v) is 6.51. The molecule has 0 radical (unpaired) electrons. The van der Waals surface area contributed by atoms with Crippen LogP contribution in [0.2, 0.25) is 5.02 Å². The molecule has 3 aromatic rings. The van der Waals surface area contributed by atoms with Crippen LogP contribution in [0.1, 0.15) is 39.2 Å². The fourth-order valence-corrected chi connectivity index (χ4v) is 4.51. The molecule has 0 bridgehead atoms. The Bertz CT molecular complexity index is 1350. The predicted molar refractivity (Wildman–Crippen MR) is 119 cm³/mol. The molecule has 1 aromatic heterocycles. The number of fused-ring (bicyclic) bond motifs is 1. The zero-order valence-electron chi connectivity index (χ0n) is 18.0. The van der Waals surface area contributed by atoms with Crippen molar-refractivity contribution < 1.29 is 30.8 Å². The van der Waals surface area contributed by atoms with Crippen LogP contribution in [-0.2, 0) is 22.7 Å². The third-order valence-electron chi connectivity index (χ3n) is 5.37. The van der Waals surface area contributed by atoms with Gasteiger partial charge in [0.05, 0.1) is 28.5 Å². The fraction of sp³-hybridized carbons (Fsp3) is 0.318. The van der Waals surface area contributed by atoms with Gasteiger partial charge in [-0.2, -0.15) is 13.2 Å². The minimum Gasteiger partial charge on any atom is -0.344 e. The van der Waals surface area contributed by atoms with Crippen molar-refractivity contribution in [2.45, 2.75) is 33.0 Å². The number of alkyl halides is 3. The Morgan fingerprint density at radius 1 is 1.15 bits per heavy atom. The number of carbonyl (C=O) groups is 1. The third kappa shape index (κ3) is 5.07. The molecular formula is C22H21ClF4N2O3S. The molecule has 3 rings (SSSR count). The normalized spacial score (nSPS) is 12.5. The summed E-state index contributed by atoms with van der Waals surface area (Å²) in [5.41, 5.74) is -0.498.